The van der Waals surface area contributed by atoms with Gasteiger partial charge in [0.05, 0.1) is 0 Å². The van der Waals surface area contributed by atoms with Gasteiger partial charge in [0, 0.05) is 19.0 Å². The number of likely N-dealkylation sites (tertiary alicyclic amines) is 1. The summed E-state index contributed by atoms with van der Waals surface area (Å²) in [6.07, 6.45) is 2.95. The van der Waals surface area contributed by atoms with Crippen molar-refractivity contribution in [1.29, 1.82) is 0 Å². The molecule has 0 saturated carbocycles. The summed E-state index contributed by atoms with van der Waals surface area (Å²) in [5.41, 5.74) is 5.89. The molecule has 1 heterocycles. The van der Waals surface area contributed by atoms with E-state index < -0.39 is 0 Å². The first-order chi connectivity index (χ1) is 7.06. The van der Waals surface area contributed by atoms with Crippen molar-refractivity contribution < 1.29 is 4.79 Å². The number of carbonyl (C=O) groups excluding carboxylic acids is 1. The first kappa shape index (κ1) is 12.5. The van der Waals surface area contributed by atoms with Crippen LogP contribution in [0.1, 0.15) is 40.0 Å². The molecule has 1 atom stereocenters. The Bertz CT molecular complexity index is 226. The van der Waals surface area contributed by atoms with Crippen molar-refractivity contribution in [1.82, 2.24) is 4.90 Å². The van der Waals surface area contributed by atoms with Crippen LogP contribution in [-0.2, 0) is 4.79 Å². The van der Waals surface area contributed by atoms with E-state index >= 15 is 0 Å². The minimum Gasteiger partial charge on any atom is -0.342 e. The van der Waals surface area contributed by atoms with Crippen molar-refractivity contribution in [2.75, 3.05) is 19.6 Å². The Kier molecular flexibility index (Phi) is 4.14. The average Bonchev–Trinajstić information content (AvgIpc) is 2.63. The average molecular weight is 212 g/mol. The molecule has 1 saturated heterocycles. The molecule has 15 heavy (non-hydrogen) atoms. The van der Waals surface area contributed by atoms with Gasteiger partial charge in [-0.1, -0.05) is 20.8 Å². The van der Waals surface area contributed by atoms with Gasteiger partial charge in [-0.25, -0.2) is 0 Å². The van der Waals surface area contributed by atoms with Crippen molar-refractivity contribution in [2.45, 2.75) is 40.0 Å². The fourth-order valence-corrected chi connectivity index (χ4v) is 2.27. The van der Waals surface area contributed by atoms with Gasteiger partial charge in [0.25, 0.3) is 0 Å². The minimum absolute atomic E-state index is 0.154. The molecule has 88 valence electrons. The van der Waals surface area contributed by atoms with E-state index in [0.717, 1.165) is 32.4 Å². The summed E-state index contributed by atoms with van der Waals surface area (Å²) in [6.45, 7) is 8.77. The maximum atomic E-state index is 12.1. The first-order valence-electron chi connectivity index (χ1n) is 6.05. The normalized spacial score (nSPS) is 26.3. The van der Waals surface area contributed by atoms with Crippen molar-refractivity contribution in [2.24, 2.45) is 17.1 Å². The lowest BCUT2D eigenvalue weighted by molar-refractivity contribution is -0.135. The molecule has 3 heteroatoms. The zero-order valence-corrected chi connectivity index (χ0v) is 10.3. The molecule has 0 spiro atoms. The van der Waals surface area contributed by atoms with E-state index in [1.165, 1.54) is 0 Å². The topological polar surface area (TPSA) is 46.3 Å². The summed E-state index contributed by atoms with van der Waals surface area (Å²) in [7, 11) is 0. The second-order valence-corrected chi connectivity index (χ2v) is 5.04. The third-order valence-electron chi connectivity index (χ3n) is 3.70. The molecule has 0 radical (unpaired) electrons. The Balaban J connectivity index is 2.57. The van der Waals surface area contributed by atoms with Crippen LogP contribution in [-0.4, -0.2) is 30.4 Å². The molecule has 1 rings (SSSR count). The zero-order chi connectivity index (χ0) is 11.5. The second kappa shape index (κ2) is 4.97. The monoisotopic (exact) mass is 212 g/mol. The fourth-order valence-electron chi connectivity index (χ4n) is 2.27. The summed E-state index contributed by atoms with van der Waals surface area (Å²) >= 11 is 0. The van der Waals surface area contributed by atoms with Crippen LogP contribution in [0.15, 0.2) is 0 Å². The highest BCUT2D eigenvalue weighted by Crippen LogP contribution is 2.30. The summed E-state index contributed by atoms with van der Waals surface area (Å²) in [6, 6.07) is 0. The Morgan fingerprint density at radius 3 is 2.47 bits per heavy atom. The number of nitrogens with zero attached hydrogens (tertiary/aromatic N) is 1. The number of amides is 1. The lowest BCUT2D eigenvalue weighted by Gasteiger charge is -2.25. The molecule has 0 bridgehead atoms. The van der Waals surface area contributed by atoms with E-state index in [2.05, 4.69) is 20.8 Å². The van der Waals surface area contributed by atoms with Crippen LogP contribution < -0.4 is 5.73 Å². The molecule has 1 unspecified atom stereocenters. The van der Waals surface area contributed by atoms with Gasteiger partial charge >= 0.3 is 0 Å². The lowest BCUT2D eigenvalue weighted by atomic mass is 9.90. The molecule has 2 N–H and O–H groups in total. The van der Waals surface area contributed by atoms with Crippen LogP contribution in [0.25, 0.3) is 0 Å². The number of nitrogens with two attached hydrogens (primary N) is 1. The van der Waals surface area contributed by atoms with Gasteiger partial charge in [-0.15, -0.1) is 0 Å². The smallest absolute Gasteiger partial charge is 0.225 e. The molecule has 0 aromatic rings. The number of rotatable bonds is 4. The van der Waals surface area contributed by atoms with Crippen LogP contribution in [0.5, 0.6) is 0 Å². The fraction of sp³-hybridized carbons (Fsp3) is 0.917. The molecular formula is C12H24N2O. The van der Waals surface area contributed by atoms with Gasteiger partial charge < -0.3 is 10.6 Å². The molecule has 3 nitrogen and oxygen atoms in total. The van der Waals surface area contributed by atoms with Crippen LogP contribution in [0.4, 0.5) is 0 Å². The summed E-state index contributed by atoms with van der Waals surface area (Å²) in [5.74, 6) is 0.544. The molecule has 1 fully saturated rings. The SMILES string of the molecule is CCC(CC)C(=O)N1CCC(C)(CN)C1. The molecule has 0 aliphatic carbocycles. The van der Waals surface area contributed by atoms with Gasteiger partial charge in [0.2, 0.25) is 5.91 Å². The summed E-state index contributed by atoms with van der Waals surface area (Å²) in [4.78, 5) is 14.1. The second-order valence-electron chi connectivity index (χ2n) is 5.04. The minimum atomic E-state index is 0.154. The molecular weight excluding hydrogens is 188 g/mol. The van der Waals surface area contributed by atoms with Crippen LogP contribution in [0, 0.1) is 11.3 Å². The van der Waals surface area contributed by atoms with Gasteiger partial charge in [-0.2, -0.15) is 0 Å². The van der Waals surface area contributed by atoms with Crippen molar-refractivity contribution in [3.63, 3.8) is 0 Å². The largest absolute Gasteiger partial charge is 0.342 e. The standard InChI is InChI=1S/C12H24N2O/c1-4-10(5-2)11(15)14-7-6-12(3,8-13)9-14/h10H,4-9,13H2,1-3H3. The molecule has 1 aliphatic rings. The number of hydrogen-bond donors (Lipinski definition) is 1. The van der Waals surface area contributed by atoms with Crippen molar-refractivity contribution in [3.8, 4) is 0 Å². The van der Waals surface area contributed by atoms with E-state index in [4.69, 9.17) is 5.73 Å². The zero-order valence-electron chi connectivity index (χ0n) is 10.3. The third kappa shape index (κ3) is 2.71. The highest BCUT2D eigenvalue weighted by atomic mass is 16.2. The van der Waals surface area contributed by atoms with Gasteiger partial charge in [0.15, 0.2) is 0 Å². The van der Waals surface area contributed by atoms with E-state index in [1.54, 1.807) is 0 Å². The van der Waals surface area contributed by atoms with Crippen molar-refractivity contribution >= 4 is 5.91 Å². The van der Waals surface area contributed by atoms with E-state index in [9.17, 15) is 4.79 Å². The lowest BCUT2D eigenvalue weighted by Crippen LogP contribution is -2.37. The van der Waals surface area contributed by atoms with Gasteiger partial charge in [0.1, 0.15) is 0 Å². The first-order valence-corrected chi connectivity index (χ1v) is 6.05. The number of carbonyl (C=O) groups is 1. The van der Waals surface area contributed by atoms with E-state index in [0.29, 0.717) is 12.5 Å². The third-order valence-corrected chi connectivity index (χ3v) is 3.70. The Hall–Kier alpha value is -0.570. The van der Waals surface area contributed by atoms with Crippen LogP contribution >= 0.6 is 0 Å². The Morgan fingerprint density at radius 2 is 2.07 bits per heavy atom. The van der Waals surface area contributed by atoms with Gasteiger partial charge in [-0.3, -0.25) is 4.79 Å². The van der Waals surface area contributed by atoms with E-state index in [-0.39, 0.29) is 11.3 Å². The van der Waals surface area contributed by atoms with Crippen LogP contribution in [0.3, 0.4) is 0 Å². The predicted octanol–water partition coefficient (Wildman–Crippen LogP) is 1.62. The maximum Gasteiger partial charge on any atom is 0.225 e. The Labute approximate surface area is 93.0 Å². The predicted molar refractivity (Wildman–Crippen MR) is 62.4 cm³/mol. The quantitative estimate of drug-likeness (QED) is 0.769. The molecule has 0 aromatic heterocycles. The molecule has 1 amide bonds. The maximum absolute atomic E-state index is 12.1. The van der Waals surface area contributed by atoms with Crippen molar-refractivity contribution in [3.05, 3.63) is 0 Å². The molecule has 0 aromatic carbocycles. The summed E-state index contributed by atoms with van der Waals surface area (Å²) < 4.78 is 0. The Morgan fingerprint density at radius 1 is 1.47 bits per heavy atom. The highest BCUT2D eigenvalue weighted by molar-refractivity contribution is 5.79. The molecule has 1 aliphatic heterocycles. The summed E-state index contributed by atoms with van der Waals surface area (Å²) in [5, 5.41) is 0. The highest BCUT2D eigenvalue weighted by Gasteiger charge is 2.36. The van der Waals surface area contributed by atoms with E-state index in [1.807, 2.05) is 4.90 Å². The van der Waals surface area contributed by atoms with Gasteiger partial charge in [-0.05, 0) is 31.2 Å². The number of hydrogen-bond acceptors (Lipinski definition) is 2. The van der Waals surface area contributed by atoms with Crippen LogP contribution in [0.2, 0.25) is 0 Å².